The number of aromatic amines is 2. The largest absolute Gasteiger partial charge is 0.508 e. The molecule has 15 nitrogen and oxygen atoms in total. The summed E-state index contributed by atoms with van der Waals surface area (Å²) in [6.07, 6.45) is 8.16. The number of hydrogen-bond acceptors (Lipinski definition) is 8. The molecule has 0 aliphatic rings. The summed E-state index contributed by atoms with van der Waals surface area (Å²) in [5, 5.41) is 24.0. The van der Waals surface area contributed by atoms with Gasteiger partial charge in [-0.25, -0.2) is 0 Å². The standard InChI is InChI=1S/C46H52ClN9O6/c47-33-9-7-28(8-10-33)20-41(56-44(60)23-32(26-54-42(58)6-3-16-48)37-27-53-39-12-11-34(57)24-36(37)39)46(62)51-19-15-30(29-13-17-50-18-14-29)22-43(59)55-40(45(49)61)21-31-25-52-38-5-2-1-4-35(31)38/h1-2,4-5,7-14,17-18,24-25,27,30,32,40-41,52-53,57H,3,6,15-16,19-23,26,48H2,(H2,49,61)(H,51,62)(H,54,58)(H,55,59)(H,56,60)/t30-,32?,40-,41+/m1/s1. The number of hydrogen-bond donors (Lipinski definition) is 9. The van der Waals surface area contributed by atoms with Crippen LogP contribution in [0.2, 0.25) is 5.02 Å². The maximum absolute atomic E-state index is 14.0. The van der Waals surface area contributed by atoms with Gasteiger partial charge in [0.2, 0.25) is 29.5 Å². The van der Waals surface area contributed by atoms with Gasteiger partial charge >= 0.3 is 0 Å². The fourth-order valence-electron chi connectivity index (χ4n) is 7.63. The average molecular weight is 862 g/mol. The molecule has 324 valence electrons. The van der Waals surface area contributed by atoms with Crippen LogP contribution >= 0.6 is 11.6 Å². The molecule has 3 aromatic heterocycles. The molecule has 0 spiro atoms. The zero-order valence-corrected chi connectivity index (χ0v) is 34.9. The van der Waals surface area contributed by atoms with Gasteiger partial charge in [-0.05, 0) is 96.1 Å². The number of phenols is 1. The molecule has 0 aliphatic heterocycles. The molecular formula is C46H52ClN9O6. The Labute approximate surface area is 363 Å². The van der Waals surface area contributed by atoms with Crippen LogP contribution in [0.3, 0.4) is 0 Å². The lowest BCUT2D eigenvalue weighted by molar-refractivity contribution is -0.129. The summed E-state index contributed by atoms with van der Waals surface area (Å²) in [6, 6.07) is 21.2. The SMILES string of the molecule is NCCCC(=O)NCC(CC(=O)N[C@@H](Cc1ccc(Cl)cc1)C(=O)NCC[C@H](CC(=O)N[C@H](Cc1c[nH]c2ccccc12)C(N)=O)c1ccncc1)c1c[nH]c2ccc(O)cc12. The van der Waals surface area contributed by atoms with Gasteiger partial charge in [-0.2, -0.15) is 0 Å². The van der Waals surface area contributed by atoms with Crippen molar-refractivity contribution in [2.45, 2.75) is 68.9 Å². The first-order valence-corrected chi connectivity index (χ1v) is 21.0. The van der Waals surface area contributed by atoms with Gasteiger partial charge in [-0.3, -0.25) is 29.0 Å². The second kappa shape index (κ2) is 21.7. The fraction of sp³-hybridized carbons (Fsp3) is 0.304. The molecule has 3 heterocycles. The number of fused-ring (bicyclic) bond motifs is 2. The van der Waals surface area contributed by atoms with E-state index in [-0.39, 0.29) is 68.7 Å². The number of para-hydroxylation sites is 1. The quantitative estimate of drug-likeness (QED) is 0.0474. The highest BCUT2D eigenvalue weighted by Crippen LogP contribution is 2.31. The van der Waals surface area contributed by atoms with E-state index in [1.807, 2.05) is 24.3 Å². The van der Waals surface area contributed by atoms with Crippen molar-refractivity contribution in [2.24, 2.45) is 11.5 Å². The Bertz CT molecular complexity index is 2470. The fourth-order valence-corrected chi connectivity index (χ4v) is 7.75. The molecule has 0 saturated carbocycles. The zero-order chi connectivity index (χ0) is 44.0. The summed E-state index contributed by atoms with van der Waals surface area (Å²) in [6.45, 7) is 0.639. The van der Waals surface area contributed by atoms with E-state index in [4.69, 9.17) is 23.1 Å². The van der Waals surface area contributed by atoms with Crippen LogP contribution in [0, 0.1) is 0 Å². The van der Waals surface area contributed by atoms with Crippen molar-refractivity contribution in [3.63, 3.8) is 0 Å². The van der Waals surface area contributed by atoms with Crippen molar-refractivity contribution in [3.05, 3.63) is 131 Å². The molecule has 11 N–H and O–H groups in total. The first kappa shape index (κ1) is 44.8. The van der Waals surface area contributed by atoms with Crippen LogP contribution < -0.4 is 32.7 Å². The monoisotopic (exact) mass is 861 g/mol. The minimum atomic E-state index is -1.00. The van der Waals surface area contributed by atoms with E-state index in [1.54, 1.807) is 79.4 Å². The smallest absolute Gasteiger partial charge is 0.242 e. The first-order chi connectivity index (χ1) is 30.0. The summed E-state index contributed by atoms with van der Waals surface area (Å²) in [4.78, 5) is 77.1. The lowest BCUT2D eigenvalue weighted by Crippen LogP contribution is -2.49. The number of nitrogens with two attached hydrogens (primary N) is 2. The molecule has 0 aliphatic carbocycles. The van der Waals surface area contributed by atoms with Crippen molar-refractivity contribution in [3.8, 4) is 5.75 Å². The van der Waals surface area contributed by atoms with Crippen LogP contribution in [0.25, 0.3) is 21.8 Å². The highest BCUT2D eigenvalue weighted by molar-refractivity contribution is 6.30. The number of carbonyl (C=O) groups is 5. The summed E-state index contributed by atoms with van der Waals surface area (Å²) >= 11 is 6.15. The van der Waals surface area contributed by atoms with E-state index in [2.05, 4.69) is 36.2 Å². The number of halogens is 1. The summed E-state index contributed by atoms with van der Waals surface area (Å²) in [5.74, 6) is -2.97. The van der Waals surface area contributed by atoms with Gasteiger partial charge < -0.3 is 47.8 Å². The van der Waals surface area contributed by atoms with E-state index in [0.717, 1.165) is 38.7 Å². The number of pyridine rings is 1. The summed E-state index contributed by atoms with van der Waals surface area (Å²) < 4.78 is 0. The van der Waals surface area contributed by atoms with E-state index < -0.39 is 35.7 Å². The van der Waals surface area contributed by atoms with Gasteiger partial charge in [-0.1, -0.05) is 41.9 Å². The van der Waals surface area contributed by atoms with Crippen LogP contribution in [-0.4, -0.2) is 81.3 Å². The molecule has 6 rings (SSSR count). The molecule has 5 amide bonds. The highest BCUT2D eigenvalue weighted by Gasteiger charge is 2.27. The minimum absolute atomic E-state index is 0.00174. The third-order valence-corrected chi connectivity index (χ3v) is 11.2. The Morgan fingerprint density at radius 2 is 1.45 bits per heavy atom. The molecule has 4 atom stereocenters. The van der Waals surface area contributed by atoms with E-state index in [9.17, 15) is 29.1 Å². The van der Waals surface area contributed by atoms with Gasteiger partial charge in [0.05, 0.1) is 0 Å². The number of aromatic hydroxyl groups is 1. The van der Waals surface area contributed by atoms with Crippen molar-refractivity contribution >= 4 is 62.9 Å². The van der Waals surface area contributed by atoms with Crippen molar-refractivity contribution < 1.29 is 29.1 Å². The number of nitrogens with zero attached hydrogens (tertiary/aromatic N) is 1. The number of primary amides is 1. The van der Waals surface area contributed by atoms with Crippen LogP contribution in [0.5, 0.6) is 5.75 Å². The van der Waals surface area contributed by atoms with Gasteiger partial charge in [-0.15, -0.1) is 0 Å². The normalized spacial score (nSPS) is 13.2. The Morgan fingerprint density at radius 3 is 2.19 bits per heavy atom. The van der Waals surface area contributed by atoms with Crippen LogP contribution in [0.15, 0.2) is 104 Å². The number of amides is 5. The Balaban J connectivity index is 1.14. The predicted octanol–water partition coefficient (Wildman–Crippen LogP) is 4.35. The van der Waals surface area contributed by atoms with Crippen molar-refractivity contribution in [2.75, 3.05) is 19.6 Å². The van der Waals surface area contributed by atoms with Crippen LogP contribution in [-0.2, 0) is 36.8 Å². The number of phenolic OH excluding ortho intramolecular Hbond substituents is 1. The second-order valence-corrected chi connectivity index (χ2v) is 15.8. The average Bonchev–Trinajstić information content (AvgIpc) is 3.88. The number of nitrogens with one attached hydrogen (secondary N) is 6. The van der Waals surface area contributed by atoms with Gasteiger partial charge in [0, 0.05) is 103 Å². The van der Waals surface area contributed by atoms with Crippen molar-refractivity contribution in [1.82, 2.24) is 36.2 Å². The lowest BCUT2D eigenvalue weighted by atomic mass is 9.92. The van der Waals surface area contributed by atoms with Gasteiger partial charge in [0.1, 0.15) is 17.8 Å². The molecule has 0 saturated heterocycles. The molecule has 1 unspecified atom stereocenters. The molecule has 0 radical (unpaired) electrons. The van der Waals surface area contributed by atoms with E-state index in [1.165, 1.54) is 0 Å². The van der Waals surface area contributed by atoms with Gasteiger partial charge in [0.15, 0.2) is 0 Å². The van der Waals surface area contributed by atoms with Crippen molar-refractivity contribution in [1.29, 1.82) is 0 Å². The third kappa shape index (κ3) is 12.4. The van der Waals surface area contributed by atoms with Gasteiger partial charge in [0.25, 0.3) is 0 Å². The minimum Gasteiger partial charge on any atom is -0.508 e. The second-order valence-electron chi connectivity index (χ2n) is 15.4. The molecular weight excluding hydrogens is 810 g/mol. The van der Waals surface area contributed by atoms with Crippen LogP contribution in [0.4, 0.5) is 0 Å². The maximum atomic E-state index is 14.0. The highest BCUT2D eigenvalue weighted by atomic mass is 35.5. The van der Waals surface area contributed by atoms with E-state index >= 15 is 0 Å². The number of aromatic nitrogens is 3. The molecule has 3 aromatic carbocycles. The molecule has 6 aromatic rings. The molecule has 0 bridgehead atoms. The number of H-pyrrole nitrogens is 2. The predicted molar refractivity (Wildman–Crippen MR) is 238 cm³/mol. The number of carbonyl (C=O) groups excluding carboxylic acids is 5. The number of rotatable bonds is 22. The topological polar surface area (TPSA) is 250 Å². The Hall–Kier alpha value is -6.71. The first-order valence-electron chi connectivity index (χ1n) is 20.6. The summed E-state index contributed by atoms with van der Waals surface area (Å²) in [5.41, 5.74) is 16.1. The summed E-state index contributed by atoms with van der Waals surface area (Å²) in [7, 11) is 0. The van der Waals surface area contributed by atoms with Crippen LogP contribution in [0.1, 0.15) is 66.2 Å². The lowest BCUT2D eigenvalue weighted by Gasteiger charge is -2.23. The Morgan fingerprint density at radius 1 is 0.758 bits per heavy atom. The third-order valence-electron chi connectivity index (χ3n) is 10.9. The molecule has 62 heavy (non-hydrogen) atoms. The molecule has 16 heteroatoms. The zero-order valence-electron chi connectivity index (χ0n) is 34.2. The molecule has 0 fully saturated rings. The number of benzene rings is 3. The maximum Gasteiger partial charge on any atom is 0.242 e. The van der Waals surface area contributed by atoms with E-state index in [0.29, 0.717) is 29.8 Å². The Kier molecular flexibility index (Phi) is 15.7.